The molecule has 2 rings (SSSR count). The highest BCUT2D eigenvalue weighted by Crippen LogP contribution is 2.05. The minimum Gasteiger partial charge on any atom is -0.358 e. The number of thiocarbonyl (C=S) groups is 1. The van der Waals surface area contributed by atoms with Crippen LogP contribution in [-0.4, -0.2) is 16.6 Å². The van der Waals surface area contributed by atoms with Crippen LogP contribution in [0.4, 0.5) is 0 Å². The first-order valence-electron chi connectivity index (χ1n) is 6.90. The summed E-state index contributed by atoms with van der Waals surface area (Å²) in [6, 6.07) is 20.7. The third-order valence-corrected chi connectivity index (χ3v) is 3.57. The van der Waals surface area contributed by atoms with Gasteiger partial charge in [0.05, 0.1) is 0 Å². The highest BCUT2D eigenvalue weighted by atomic mass is 32.1. The molecule has 2 nitrogen and oxygen atoms in total. The van der Waals surface area contributed by atoms with Crippen molar-refractivity contribution in [3.63, 3.8) is 0 Å². The maximum atomic E-state index is 5.49. The summed E-state index contributed by atoms with van der Waals surface area (Å²) in [6.45, 7) is 4.64. The van der Waals surface area contributed by atoms with Gasteiger partial charge in [0, 0.05) is 19.6 Å². The molecule has 2 aromatic rings. The summed E-state index contributed by atoms with van der Waals surface area (Å²) in [5.74, 6) is 0. The van der Waals surface area contributed by atoms with Crippen molar-refractivity contribution < 1.29 is 0 Å². The second-order valence-corrected chi connectivity index (χ2v) is 5.03. The minimum absolute atomic E-state index is 0.769. The summed E-state index contributed by atoms with van der Waals surface area (Å²) in [4.78, 5) is 2.17. The average molecular weight is 284 g/mol. The standard InChI is InChI=1S/C17H20N2S/c1-2-19(14-16-11-7-4-8-12-16)17(20)18-13-15-9-5-3-6-10-15/h3-12H,2,13-14H2,1H3,(H,18,20). The third kappa shape index (κ3) is 4.35. The van der Waals surface area contributed by atoms with Crippen molar-refractivity contribution in [3.8, 4) is 0 Å². The fourth-order valence-corrected chi connectivity index (χ4v) is 2.28. The molecular formula is C17H20N2S. The topological polar surface area (TPSA) is 15.3 Å². The lowest BCUT2D eigenvalue weighted by Crippen LogP contribution is -2.38. The number of hydrogen-bond donors (Lipinski definition) is 1. The predicted molar refractivity (Wildman–Crippen MR) is 88.4 cm³/mol. The van der Waals surface area contributed by atoms with E-state index >= 15 is 0 Å². The van der Waals surface area contributed by atoms with E-state index in [0.29, 0.717) is 0 Å². The van der Waals surface area contributed by atoms with Gasteiger partial charge in [-0.3, -0.25) is 0 Å². The van der Waals surface area contributed by atoms with Gasteiger partial charge < -0.3 is 10.2 Å². The van der Waals surface area contributed by atoms with Crippen LogP contribution in [0, 0.1) is 0 Å². The first-order chi connectivity index (χ1) is 9.79. The average Bonchev–Trinajstić information content (AvgIpc) is 2.52. The van der Waals surface area contributed by atoms with Crippen molar-refractivity contribution in [2.24, 2.45) is 0 Å². The Bertz CT molecular complexity index is 525. The van der Waals surface area contributed by atoms with E-state index in [4.69, 9.17) is 12.2 Å². The van der Waals surface area contributed by atoms with E-state index in [0.717, 1.165) is 24.7 Å². The highest BCUT2D eigenvalue weighted by Gasteiger charge is 2.07. The minimum atomic E-state index is 0.769. The Kier molecular flexibility index (Phi) is 5.56. The highest BCUT2D eigenvalue weighted by molar-refractivity contribution is 7.80. The SMILES string of the molecule is CCN(Cc1ccccc1)C(=S)NCc1ccccc1. The van der Waals surface area contributed by atoms with Crippen LogP contribution < -0.4 is 5.32 Å². The molecule has 0 aromatic heterocycles. The van der Waals surface area contributed by atoms with Gasteiger partial charge in [-0.1, -0.05) is 60.7 Å². The van der Waals surface area contributed by atoms with Crippen LogP contribution >= 0.6 is 12.2 Å². The normalized spacial score (nSPS) is 10.1. The molecule has 0 aliphatic rings. The fourth-order valence-electron chi connectivity index (χ4n) is 2.02. The summed E-state index contributed by atoms with van der Waals surface area (Å²) >= 11 is 5.49. The van der Waals surface area contributed by atoms with Crippen molar-refractivity contribution in [1.29, 1.82) is 0 Å². The maximum absolute atomic E-state index is 5.49. The van der Waals surface area contributed by atoms with Crippen molar-refractivity contribution in [2.75, 3.05) is 6.54 Å². The van der Waals surface area contributed by atoms with Gasteiger partial charge in [0.2, 0.25) is 0 Å². The lowest BCUT2D eigenvalue weighted by atomic mass is 10.2. The molecule has 0 heterocycles. The molecule has 0 bridgehead atoms. The van der Waals surface area contributed by atoms with E-state index in [1.807, 2.05) is 24.3 Å². The van der Waals surface area contributed by atoms with Gasteiger partial charge in [-0.15, -0.1) is 0 Å². The maximum Gasteiger partial charge on any atom is 0.169 e. The van der Waals surface area contributed by atoms with E-state index in [1.54, 1.807) is 0 Å². The van der Waals surface area contributed by atoms with Crippen LogP contribution in [0.2, 0.25) is 0 Å². The monoisotopic (exact) mass is 284 g/mol. The van der Waals surface area contributed by atoms with E-state index in [2.05, 4.69) is 53.5 Å². The summed E-state index contributed by atoms with van der Waals surface area (Å²) in [5.41, 5.74) is 2.52. The van der Waals surface area contributed by atoms with Gasteiger partial charge in [0.15, 0.2) is 5.11 Å². The zero-order chi connectivity index (χ0) is 14.2. The molecule has 0 saturated heterocycles. The first-order valence-corrected chi connectivity index (χ1v) is 7.31. The summed E-state index contributed by atoms with van der Waals surface area (Å²) in [6.07, 6.45) is 0. The molecule has 0 spiro atoms. The second-order valence-electron chi connectivity index (χ2n) is 4.64. The van der Waals surface area contributed by atoms with Crippen molar-refractivity contribution >= 4 is 17.3 Å². The largest absolute Gasteiger partial charge is 0.358 e. The lowest BCUT2D eigenvalue weighted by Gasteiger charge is -2.24. The van der Waals surface area contributed by atoms with Gasteiger partial charge in [0.1, 0.15) is 0 Å². The zero-order valence-electron chi connectivity index (χ0n) is 11.8. The zero-order valence-corrected chi connectivity index (χ0v) is 12.6. The Morgan fingerprint density at radius 2 is 1.50 bits per heavy atom. The molecule has 20 heavy (non-hydrogen) atoms. The predicted octanol–water partition coefficient (Wildman–Crippen LogP) is 3.58. The van der Waals surface area contributed by atoms with E-state index < -0.39 is 0 Å². The van der Waals surface area contributed by atoms with E-state index in [1.165, 1.54) is 11.1 Å². The molecule has 2 aromatic carbocycles. The second kappa shape index (κ2) is 7.65. The number of nitrogens with zero attached hydrogens (tertiary/aromatic N) is 1. The smallest absolute Gasteiger partial charge is 0.169 e. The Hall–Kier alpha value is -1.87. The van der Waals surface area contributed by atoms with Crippen LogP contribution in [0.5, 0.6) is 0 Å². The third-order valence-electron chi connectivity index (χ3n) is 3.17. The van der Waals surface area contributed by atoms with Crippen LogP contribution in [0.15, 0.2) is 60.7 Å². The molecule has 0 fully saturated rings. The Balaban J connectivity index is 1.89. The molecule has 0 radical (unpaired) electrons. The van der Waals surface area contributed by atoms with Gasteiger partial charge in [-0.25, -0.2) is 0 Å². The van der Waals surface area contributed by atoms with E-state index in [-0.39, 0.29) is 0 Å². The molecule has 0 saturated carbocycles. The molecule has 0 aliphatic heterocycles. The lowest BCUT2D eigenvalue weighted by molar-refractivity contribution is 0.427. The number of nitrogens with one attached hydrogen (secondary N) is 1. The van der Waals surface area contributed by atoms with Crippen LogP contribution in [0.1, 0.15) is 18.1 Å². The van der Waals surface area contributed by atoms with Gasteiger partial charge in [-0.2, -0.15) is 0 Å². The van der Waals surface area contributed by atoms with Gasteiger partial charge in [0.25, 0.3) is 0 Å². The number of rotatable bonds is 5. The van der Waals surface area contributed by atoms with Crippen molar-refractivity contribution in [2.45, 2.75) is 20.0 Å². The molecular weight excluding hydrogens is 264 g/mol. The van der Waals surface area contributed by atoms with Crippen LogP contribution in [0.25, 0.3) is 0 Å². The fraction of sp³-hybridized carbons (Fsp3) is 0.235. The summed E-state index contributed by atoms with van der Waals surface area (Å²) < 4.78 is 0. The summed E-state index contributed by atoms with van der Waals surface area (Å²) in [5, 5.41) is 4.13. The Morgan fingerprint density at radius 3 is 2.05 bits per heavy atom. The molecule has 0 amide bonds. The molecule has 0 aliphatic carbocycles. The Labute approximate surface area is 126 Å². The molecule has 1 N–H and O–H groups in total. The Morgan fingerprint density at radius 1 is 0.950 bits per heavy atom. The number of benzene rings is 2. The van der Waals surface area contributed by atoms with Crippen LogP contribution in [0.3, 0.4) is 0 Å². The molecule has 104 valence electrons. The molecule has 0 unspecified atom stereocenters. The van der Waals surface area contributed by atoms with Gasteiger partial charge in [-0.05, 0) is 30.3 Å². The number of hydrogen-bond acceptors (Lipinski definition) is 1. The van der Waals surface area contributed by atoms with Crippen LogP contribution in [-0.2, 0) is 13.1 Å². The molecule has 3 heteroatoms. The first kappa shape index (κ1) is 14.5. The summed E-state index contributed by atoms with van der Waals surface area (Å²) in [7, 11) is 0. The molecule has 0 atom stereocenters. The van der Waals surface area contributed by atoms with Crippen molar-refractivity contribution in [3.05, 3.63) is 71.8 Å². The van der Waals surface area contributed by atoms with Gasteiger partial charge >= 0.3 is 0 Å². The van der Waals surface area contributed by atoms with E-state index in [9.17, 15) is 0 Å². The quantitative estimate of drug-likeness (QED) is 0.845. The van der Waals surface area contributed by atoms with Crippen molar-refractivity contribution in [1.82, 2.24) is 10.2 Å².